The summed E-state index contributed by atoms with van der Waals surface area (Å²) in [6.07, 6.45) is 4.84. The number of rotatable bonds is 5. The number of fused-ring (bicyclic) bond motifs is 1. The number of hydrogen-bond donors (Lipinski definition) is 0. The van der Waals surface area contributed by atoms with Gasteiger partial charge in [-0.25, -0.2) is 8.42 Å². The molecule has 2 aromatic rings. The minimum Gasteiger partial charge on any atom is -0.207 e. The van der Waals surface area contributed by atoms with Crippen LogP contribution in [-0.4, -0.2) is 25.8 Å². The highest BCUT2D eigenvalue weighted by Gasteiger charge is 2.47. The van der Waals surface area contributed by atoms with Crippen molar-refractivity contribution in [1.82, 2.24) is 4.31 Å². The fourth-order valence-electron chi connectivity index (χ4n) is 5.20. The van der Waals surface area contributed by atoms with Crippen LogP contribution in [0.15, 0.2) is 78.2 Å². The molecule has 1 heterocycles. The van der Waals surface area contributed by atoms with Crippen LogP contribution >= 0.6 is 0 Å². The summed E-state index contributed by atoms with van der Waals surface area (Å²) in [7, 11) is -3.52. The number of nitrogens with zero attached hydrogens (tertiary/aromatic N) is 1. The third-order valence-corrected chi connectivity index (χ3v) is 8.84. The maximum atomic E-state index is 13.5. The first-order valence-electron chi connectivity index (χ1n) is 10.8. The Kier molecular flexibility index (Phi) is 5.73. The minimum atomic E-state index is -3.52. The van der Waals surface area contributed by atoms with Gasteiger partial charge in [0.1, 0.15) is 0 Å². The third-order valence-electron chi connectivity index (χ3n) is 6.98. The molecule has 1 saturated carbocycles. The maximum Gasteiger partial charge on any atom is 0.243 e. The molecule has 2 fully saturated rings. The van der Waals surface area contributed by atoms with Gasteiger partial charge in [-0.2, -0.15) is 4.31 Å². The molecular weight excluding hydrogens is 390 g/mol. The lowest BCUT2D eigenvalue weighted by molar-refractivity contribution is 0.0420. The standard InChI is InChI=1S/C26H31NO2S/c1-20(2)23-9-11-25(12-10-23)30(28,29)27-16-14-24-17-21(3)13-15-26(24,19-27)18-22-7-5-4-6-8-22/h4-12,24H,1,3,13-19H2,2H3/t24-,26-/m0/s1. The monoisotopic (exact) mass is 421 g/mol. The molecule has 1 aliphatic carbocycles. The Hall–Kier alpha value is -2.17. The molecule has 4 heteroatoms. The minimum absolute atomic E-state index is 0.0223. The number of allylic oxidation sites excluding steroid dienone is 2. The van der Waals surface area contributed by atoms with Gasteiger partial charge in [0, 0.05) is 13.1 Å². The van der Waals surface area contributed by atoms with Crippen LogP contribution in [0.25, 0.3) is 5.57 Å². The number of benzene rings is 2. The highest BCUT2D eigenvalue weighted by atomic mass is 32.2. The molecule has 0 radical (unpaired) electrons. The van der Waals surface area contributed by atoms with Crippen molar-refractivity contribution in [3.05, 3.63) is 84.5 Å². The Labute approximate surface area is 181 Å². The van der Waals surface area contributed by atoms with E-state index in [1.54, 1.807) is 16.4 Å². The molecule has 1 saturated heterocycles. The summed E-state index contributed by atoms with van der Waals surface area (Å²) in [6.45, 7) is 11.3. The maximum absolute atomic E-state index is 13.5. The highest BCUT2D eigenvalue weighted by molar-refractivity contribution is 7.89. The summed E-state index contributed by atoms with van der Waals surface area (Å²) in [5.74, 6) is 0.496. The van der Waals surface area contributed by atoms with Gasteiger partial charge in [-0.05, 0) is 73.6 Å². The summed E-state index contributed by atoms with van der Waals surface area (Å²) in [5.41, 5.74) is 4.49. The van der Waals surface area contributed by atoms with Gasteiger partial charge < -0.3 is 0 Å². The average Bonchev–Trinajstić information content (AvgIpc) is 2.74. The van der Waals surface area contributed by atoms with E-state index in [0.29, 0.717) is 23.9 Å². The van der Waals surface area contributed by atoms with E-state index in [-0.39, 0.29) is 5.41 Å². The van der Waals surface area contributed by atoms with E-state index in [2.05, 4.69) is 37.4 Å². The van der Waals surface area contributed by atoms with E-state index >= 15 is 0 Å². The molecule has 2 aromatic carbocycles. The quantitative estimate of drug-likeness (QED) is 0.581. The van der Waals surface area contributed by atoms with Gasteiger partial charge in [0.15, 0.2) is 0 Å². The fraction of sp³-hybridized carbons (Fsp3) is 0.385. The van der Waals surface area contributed by atoms with Gasteiger partial charge in [-0.1, -0.05) is 66.8 Å². The zero-order chi connectivity index (χ0) is 21.4. The smallest absolute Gasteiger partial charge is 0.207 e. The Balaban J connectivity index is 1.64. The SMILES string of the molecule is C=C1CC[C@]2(Cc3ccccc3)CN(S(=O)(=O)c3ccc(C(=C)C)cc3)CC[C@H]2C1. The van der Waals surface area contributed by atoms with Crippen LogP contribution in [0.4, 0.5) is 0 Å². The molecule has 1 aliphatic heterocycles. The van der Waals surface area contributed by atoms with E-state index in [1.165, 1.54) is 11.1 Å². The molecule has 0 unspecified atom stereocenters. The summed E-state index contributed by atoms with van der Waals surface area (Å²) in [6, 6.07) is 17.7. The first-order valence-corrected chi connectivity index (χ1v) is 12.2. The molecule has 2 atom stereocenters. The second-order valence-electron chi connectivity index (χ2n) is 9.11. The molecule has 3 nitrogen and oxygen atoms in total. The average molecular weight is 422 g/mol. The van der Waals surface area contributed by atoms with Gasteiger partial charge in [0.25, 0.3) is 0 Å². The lowest BCUT2D eigenvalue weighted by Gasteiger charge is -2.51. The van der Waals surface area contributed by atoms with E-state index in [9.17, 15) is 8.42 Å². The summed E-state index contributed by atoms with van der Waals surface area (Å²) in [4.78, 5) is 0.376. The van der Waals surface area contributed by atoms with Crippen molar-refractivity contribution in [3.8, 4) is 0 Å². The predicted molar refractivity (Wildman–Crippen MR) is 124 cm³/mol. The molecule has 158 valence electrons. The summed E-state index contributed by atoms with van der Waals surface area (Å²) in [5, 5.41) is 0. The van der Waals surface area contributed by atoms with Crippen LogP contribution in [-0.2, 0) is 16.4 Å². The van der Waals surface area contributed by atoms with E-state index in [4.69, 9.17) is 0 Å². The van der Waals surface area contributed by atoms with Crippen LogP contribution in [0.5, 0.6) is 0 Å². The number of piperidine rings is 1. The molecule has 0 amide bonds. The van der Waals surface area contributed by atoms with Crippen molar-refractivity contribution in [1.29, 1.82) is 0 Å². The molecular formula is C26H31NO2S. The molecule has 0 aromatic heterocycles. The second-order valence-corrected chi connectivity index (χ2v) is 11.0. The van der Waals surface area contributed by atoms with Crippen LogP contribution in [0.3, 0.4) is 0 Å². The van der Waals surface area contributed by atoms with Gasteiger partial charge in [-0.15, -0.1) is 0 Å². The van der Waals surface area contributed by atoms with E-state index in [1.807, 2.05) is 25.1 Å². The number of hydrogen-bond acceptors (Lipinski definition) is 2. The first-order chi connectivity index (χ1) is 14.3. The first kappa shape index (κ1) is 21.1. The van der Waals surface area contributed by atoms with E-state index in [0.717, 1.165) is 43.2 Å². The van der Waals surface area contributed by atoms with Crippen LogP contribution in [0.1, 0.15) is 43.7 Å². The van der Waals surface area contributed by atoms with Gasteiger partial charge in [0.2, 0.25) is 10.0 Å². The zero-order valence-corrected chi connectivity index (χ0v) is 18.6. The van der Waals surface area contributed by atoms with Crippen molar-refractivity contribution in [2.24, 2.45) is 11.3 Å². The lowest BCUT2D eigenvalue weighted by Crippen LogP contribution is -2.53. The predicted octanol–water partition coefficient (Wildman–Crippen LogP) is 5.70. The topological polar surface area (TPSA) is 37.4 Å². The third kappa shape index (κ3) is 4.03. The molecule has 0 N–H and O–H groups in total. The molecule has 4 rings (SSSR count). The Bertz CT molecular complexity index is 1040. The summed E-state index contributed by atoms with van der Waals surface area (Å²) < 4.78 is 28.7. The zero-order valence-electron chi connectivity index (χ0n) is 17.8. The van der Waals surface area contributed by atoms with Crippen LogP contribution in [0, 0.1) is 11.3 Å². The molecule has 0 bridgehead atoms. The van der Waals surface area contributed by atoms with Crippen molar-refractivity contribution in [2.75, 3.05) is 13.1 Å². The highest BCUT2D eigenvalue weighted by Crippen LogP contribution is 2.50. The van der Waals surface area contributed by atoms with Gasteiger partial charge in [-0.3, -0.25) is 0 Å². The second kappa shape index (κ2) is 8.16. The molecule has 0 spiro atoms. The normalized spacial score (nSPS) is 25.0. The fourth-order valence-corrected chi connectivity index (χ4v) is 6.75. The van der Waals surface area contributed by atoms with Gasteiger partial charge >= 0.3 is 0 Å². The van der Waals surface area contributed by atoms with Crippen molar-refractivity contribution in [3.63, 3.8) is 0 Å². The van der Waals surface area contributed by atoms with E-state index < -0.39 is 10.0 Å². The van der Waals surface area contributed by atoms with Crippen molar-refractivity contribution < 1.29 is 8.42 Å². The van der Waals surface area contributed by atoms with Crippen LogP contribution < -0.4 is 0 Å². The van der Waals surface area contributed by atoms with Gasteiger partial charge in [0.05, 0.1) is 4.90 Å². The van der Waals surface area contributed by atoms with Crippen LogP contribution in [0.2, 0.25) is 0 Å². The molecule has 2 aliphatic rings. The largest absolute Gasteiger partial charge is 0.243 e. The lowest BCUT2D eigenvalue weighted by atomic mass is 9.60. The molecule has 30 heavy (non-hydrogen) atoms. The summed E-state index contributed by atoms with van der Waals surface area (Å²) >= 11 is 0. The Morgan fingerprint density at radius 1 is 1.13 bits per heavy atom. The Morgan fingerprint density at radius 2 is 1.83 bits per heavy atom. The number of sulfonamides is 1. The Morgan fingerprint density at radius 3 is 2.50 bits per heavy atom. The van der Waals surface area contributed by atoms with Crippen molar-refractivity contribution >= 4 is 15.6 Å². The van der Waals surface area contributed by atoms with Crippen molar-refractivity contribution in [2.45, 2.75) is 43.9 Å².